The third-order valence-corrected chi connectivity index (χ3v) is 13.0. The number of aromatic nitrogens is 2. The Labute approximate surface area is 355 Å². The number of hydrogen-bond donors (Lipinski definition) is 5. The molecule has 16 heteroatoms. The number of likely N-dealkylation sites (tertiary alicyclic amines) is 1. The van der Waals surface area contributed by atoms with E-state index in [9.17, 15) is 24.3 Å². The number of aliphatic hydroxyl groups is 1. The number of piperidine rings is 3. The van der Waals surface area contributed by atoms with E-state index >= 15 is 0 Å². The summed E-state index contributed by atoms with van der Waals surface area (Å²) in [4.78, 5) is 69.6. The Bertz CT molecular complexity index is 2300. The van der Waals surface area contributed by atoms with E-state index < -0.39 is 18.2 Å². The first-order valence-corrected chi connectivity index (χ1v) is 21.4. The number of nitrogens with one attached hydrogen (secondary N) is 3. The number of rotatable bonds is 11. The summed E-state index contributed by atoms with van der Waals surface area (Å²) in [7, 11) is 1.83. The minimum atomic E-state index is -1.08. The maximum absolute atomic E-state index is 13.6. The Hall–Kier alpha value is -6.26. The number of amides is 5. The number of aliphatic hydroxyl groups excluding tert-OH is 1. The van der Waals surface area contributed by atoms with Gasteiger partial charge in [0.2, 0.25) is 5.91 Å². The number of hydrogen-bond acceptors (Lipinski definition) is 11. The maximum Gasteiger partial charge on any atom is 0.320 e. The van der Waals surface area contributed by atoms with Gasteiger partial charge in [-0.05, 0) is 98.1 Å². The smallest absolute Gasteiger partial charge is 0.320 e. The summed E-state index contributed by atoms with van der Waals surface area (Å²) in [5.41, 5.74) is 12.2. The van der Waals surface area contributed by atoms with Crippen molar-refractivity contribution in [3.63, 3.8) is 0 Å². The molecule has 1 unspecified atom stereocenters. The van der Waals surface area contributed by atoms with Crippen LogP contribution in [0.5, 0.6) is 0 Å². The van der Waals surface area contributed by atoms with E-state index in [0.29, 0.717) is 42.6 Å². The molecule has 6 heterocycles. The van der Waals surface area contributed by atoms with Crippen molar-refractivity contribution in [2.45, 2.75) is 75.8 Å². The summed E-state index contributed by atoms with van der Waals surface area (Å²) in [6.45, 7) is 6.08. The number of primary amides is 1. The Balaban J connectivity index is 0.775. The van der Waals surface area contributed by atoms with E-state index in [0.717, 1.165) is 87.6 Å². The lowest BCUT2D eigenvalue weighted by Gasteiger charge is -2.37. The van der Waals surface area contributed by atoms with Crippen molar-refractivity contribution in [2.24, 2.45) is 5.73 Å². The minimum Gasteiger partial charge on any atom is -0.372 e. The summed E-state index contributed by atoms with van der Waals surface area (Å²) in [6, 6.07) is 22.1. The van der Waals surface area contributed by atoms with Crippen LogP contribution in [0.25, 0.3) is 0 Å². The van der Waals surface area contributed by atoms with Gasteiger partial charge in [0.15, 0.2) is 11.5 Å². The number of carbonyl (C=O) groups excluding carboxylic acids is 4. The molecule has 0 bridgehead atoms. The van der Waals surface area contributed by atoms with Crippen LogP contribution in [0.15, 0.2) is 72.9 Å². The van der Waals surface area contributed by atoms with Crippen molar-refractivity contribution in [1.82, 2.24) is 34.9 Å². The zero-order chi connectivity index (χ0) is 42.2. The molecule has 5 amide bonds. The quantitative estimate of drug-likeness (QED) is 0.145. The van der Waals surface area contributed by atoms with Gasteiger partial charge in [-0.15, -0.1) is 0 Å². The molecule has 0 radical (unpaired) electrons. The fourth-order valence-corrected chi connectivity index (χ4v) is 9.58. The van der Waals surface area contributed by atoms with Crippen molar-refractivity contribution in [2.75, 3.05) is 61.8 Å². The van der Waals surface area contributed by atoms with Crippen LogP contribution < -0.4 is 26.6 Å². The minimum absolute atomic E-state index is 0.0642. The number of anilines is 5. The number of benzene rings is 3. The molecule has 5 aliphatic heterocycles. The van der Waals surface area contributed by atoms with Crippen LogP contribution in [0.1, 0.15) is 82.0 Å². The fourth-order valence-electron chi connectivity index (χ4n) is 9.58. The van der Waals surface area contributed by atoms with Crippen LogP contribution in [-0.4, -0.2) is 123 Å². The first-order chi connectivity index (χ1) is 29.6. The van der Waals surface area contributed by atoms with Gasteiger partial charge in [-0.3, -0.25) is 19.3 Å². The Morgan fingerprint density at radius 3 is 2.36 bits per heavy atom. The molecule has 4 aromatic rings. The molecule has 4 saturated heterocycles. The SMILES string of the molecule is CN1CCN([C@@H]2CCCN(c3cnc(C(N)=O)c(Nc4ccc(C5CCN(Cc6ccc(Nc7cccc8c7C(=O)N([C@@H]7CCC(=O)NC7O)C8)cc6)CC5)cc4)n3)C2)C1=O. The third kappa shape index (κ3) is 8.42. The molecule has 61 heavy (non-hydrogen) atoms. The van der Waals surface area contributed by atoms with Gasteiger partial charge < -0.3 is 46.4 Å². The molecule has 6 N–H and O–H groups in total. The molecule has 9 rings (SSSR count). The van der Waals surface area contributed by atoms with Crippen molar-refractivity contribution in [3.8, 4) is 0 Å². The summed E-state index contributed by atoms with van der Waals surface area (Å²) in [6.07, 6.45) is 5.17. The van der Waals surface area contributed by atoms with Crippen LogP contribution >= 0.6 is 0 Å². The second-order valence-electron chi connectivity index (χ2n) is 16.9. The van der Waals surface area contributed by atoms with E-state index in [-0.39, 0.29) is 36.0 Å². The van der Waals surface area contributed by atoms with Crippen LogP contribution in [0, 0.1) is 0 Å². The predicted octanol–water partition coefficient (Wildman–Crippen LogP) is 4.33. The Kier molecular flexibility index (Phi) is 11.2. The molecule has 318 valence electrons. The van der Waals surface area contributed by atoms with E-state index in [2.05, 4.69) is 55.0 Å². The number of nitrogens with two attached hydrogens (primary N) is 1. The Morgan fingerprint density at radius 1 is 0.885 bits per heavy atom. The fraction of sp³-hybridized carbons (Fsp3) is 0.422. The first-order valence-electron chi connectivity index (χ1n) is 21.4. The molecule has 4 fully saturated rings. The second kappa shape index (κ2) is 17.0. The molecule has 0 spiro atoms. The highest BCUT2D eigenvalue weighted by Gasteiger charge is 2.40. The standard InChI is InChI=1S/C45H53N11O5/c1-52-22-23-55(45(52)61)34-5-3-19-54(27-34)37-24-47-40(41(46)58)42(50-37)49-33-13-9-29(10-14-33)30-17-20-53(21-18-30)25-28-7-11-32(12-8-28)48-35-6-2-4-31-26-56(44(60)39(31)35)36-15-16-38(57)51-43(36)59/h2,4,6-14,24,30,34,36,43,48,59H,3,5,15-23,25-27H2,1H3,(H2,46,58)(H,49,50)(H,51,57)/t34-,36-,43?/m1/s1. The summed E-state index contributed by atoms with van der Waals surface area (Å²) >= 11 is 0. The normalized spacial score (nSPS) is 22.4. The van der Waals surface area contributed by atoms with E-state index in [1.165, 1.54) is 11.1 Å². The maximum atomic E-state index is 13.6. The molecular weight excluding hydrogens is 775 g/mol. The number of urea groups is 1. The zero-order valence-corrected chi connectivity index (χ0v) is 34.4. The average Bonchev–Trinajstić information content (AvgIpc) is 3.79. The van der Waals surface area contributed by atoms with Crippen LogP contribution in [0.2, 0.25) is 0 Å². The van der Waals surface area contributed by atoms with Crippen molar-refractivity contribution >= 4 is 52.5 Å². The van der Waals surface area contributed by atoms with Gasteiger partial charge >= 0.3 is 6.03 Å². The molecule has 3 atom stereocenters. The van der Waals surface area contributed by atoms with Gasteiger partial charge in [-0.2, -0.15) is 0 Å². The van der Waals surface area contributed by atoms with E-state index in [4.69, 9.17) is 10.7 Å². The molecule has 0 saturated carbocycles. The van der Waals surface area contributed by atoms with Gasteiger partial charge in [0.05, 0.1) is 29.5 Å². The lowest BCUT2D eigenvalue weighted by atomic mass is 9.89. The zero-order valence-electron chi connectivity index (χ0n) is 34.4. The number of nitrogens with zero attached hydrogens (tertiary/aromatic N) is 7. The van der Waals surface area contributed by atoms with Gasteiger partial charge in [0, 0.05) is 64.1 Å². The van der Waals surface area contributed by atoms with Crippen molar-refractivity contribution in [1.29, 1.82) is 0 Å². The van der Waals surface area contributed by atoms with Gasteiger partial charge in [0.1, 0.15) is 12.0 Å². The lowest BCUT2D eigenvalue weighted by Crippen LogP contribution is -2.55. The number of likely N-dealkylation sites (N-methyl/N-ethyl adjacent to an activating group) is 1. The van der Waals surface area contributed by atoms with Crippen molar-refractivity contribution in [3.05, 3.63) is 101 Å². The number of carbonyl (C=O) groups is 4. The molecule has 1 aromatic heterocycles. The summed E-state index contributed by atoms with van der Waals surface area (Å²) in [5.74, 6) is 0.388. The number of fused-ring (bicyclic) bond motifs is 1. The second-order valence-corrected chi connectivity index (χ2v) is 16.9. The molecule has 0 aliphatic carbocycles. The highest BCUT2D eigenvalue weighted by Crippen LogP contribution is 2.35. The molecule has 16 nitrogen and oxygen atoms in total. The highest BCUT2D eigenvalue weighted by molar-refractivity contribution is 6.04. The van der Waals surface area contributed by atoms with E-state index in [1.54, 1.807) is 16.0 Å². The predicted molar refractivity (Wildman–Crippen MR) is 231 cm³/mol. The molecular formula is C45H53N11O5. The van der Waals surface area contributed by atoms with Crippen LogP contribution in [0.4, 0.5) is 33.5 Å². The van der Waals surface area contributed by atoms with Gasteiger partial charge in [-0.25, -0.2) is 14.8 Å². The first kappa shape index (κ1) is 40.2. The monoisotopic (exact) mass is 827 g/mol. The van der Waals surface area contributed by atoms with E-state index in [1.807, 2.05) is 54.4 Å². The molecule has 5 aliphatic rings. The average molecular weight is 828 g/mol. The van der Waals surface area contributed by atoms with Crippen LogP contribution in [-0.2, 0) is 17.9 Å². The summed E-state index contributed by atoms with van der Waals surface area (Å²) in [5, 5.41) is 19.8. The molecule has 3 aromatic carbocycles. The summed E-state index contributed by atoms with van der Waals surface area (Å²) < 4.78 is 0. The lowest BCUT2D eigenvalue weighted by molar-refractivity contribution is -0.129. The van der Waals surface area contributed by atoms with Gasteiger partial charge in [-0.1, -0.05) is 36.4 Å². The largest absolute Gasteiger partial charge is 0.372 e. The highest BCUT2D eigenvalue weighted by atomic mass is 16.3. The third-order valence-electron chi connectivity index (χ3n) is 13.0. The topological polar surface area (TPSA) is 193 Å². The van der Waals surface area contributed by atoms with Crippen molar-refractivity contribution < 1.29 is 24.3 Å². The Morgan fingerprint density at radius 2 is 1.64 bits per heavy atom. The van der Waals surface area contributed by atoms with Gasteiger partial charge in [0.25, 0.3) is 11.8 Å². The van der Waals surface area contributed by atoms with Crippen LogP contribution in [0.3, 0.4) is 0 Å².